The molecule has 0 aliphatic carbocycles. The van der Waals surface area contributed by atoms with Crippen molar-refractivity contribution in [3.05, 3.63) is 0 Å². The predicted octanol–water partition coefficient (Wildman–Crippen LogP) is 1.90. The Hall–Kier alpha value is -1.67. The van der Waals surface area contributed by atoms with E-state index < -0.39 is 23.6 Å². The molecule has 3 fully saturated rings. The Morgan fingerprint density at radius 1 is 1.17 bits per heavy atom. The first-order valence-electron chi connectivity index (χ1n) is 10.7. The topological polar surface area (TPSA) is 94.2 Å². The third-order valence-electron chi connectivity index (χ3n) is 6.90. The molecule has 0 aromatic rings. The Bertz CT molecular complexity index is 655. The van der Waals surface area contributed by atoms with E-state index in [1.54, 1.807) is 25.9 Å². The van der Waals surface area contributed by atoms with Crippen LogP contribution in [-0.4, -0.2) is 72.8 Å². The van der Waals surface area contributed by atoms with Crippen molar-refractivity contribution < 1.29 is 28.6 Å². The molecule has 8 heteroatoms. The molecule has 1 amide bonds. The molecule has 0 spiro atoms. The van der Waals surface area contributed by atoms with Crippen LogP contribution in [0.5, 0.6) is 0 Å². The molecule has 3 aliphatic rings. The zero-order chi connectivity index (χ0) is 21.3. The van der Waals surface area contributed by atoms with Crippen LogP contribution in [0.1, 0.15) is 53.4 Å². The van der Waals surface area contributed by atoms with E-state index in [1.165, 1.54) is 0 Å². The Morgan fingerprint density at radius 3 is 2.59 bits per heavy atom. The lowest BCUT2D eigenvalue weighted by molar-refractivity contribution is -0.167. The number of esters is 1. The second-order valence-corrected chi connectivity index (χ2v) is 9.00. The molecule has 8 nitrogen and oxygen atoms in total. The van der Waals surface area contributed by atoms with Crippen LogP contribution in [0.4, 0.5) is 4.79 Å². The van der Waals surface area contributed by atoms with Crippen molar-refractivity contribution in [2.75, 3.05) is 20.2 Å². The van der Waals surface area contributed by atoms with Gasteiger partial charge in [-0.05, 0) is 52.5 Å². The van der Waals surface area contributed by atoms with E-state index in [1.807, 2.05) is 6.92 Å². The lowest BCUT2D eigenvalue weighted by atomic mass is 9.86. The van der Waals surface area contributed by atoms with Crippen molar-refractivity contribution in [2.45, 2.75) is 83.3 Å². The summed E-state index contributed by atoms with van der Waals surface area (Å²) in [7, 11) is 1.66. The van der Waals surface area contributed by atoms with Gasteiger partial charge in [0.25, 0.3) is 0 Å². The van der Waals surface area contributed by atoms with Crippen molar-refractivity contribution >= 4 is 17.8 Å². The highest BCUT2D eigenvalue weighted by atomic mass is 16.6. The number of methoxy groups -OCH3 is 1. The number of Topliss-reactive ketones (excluding diaryl/α,β-unsaturated/α-hetero) is 1. The van der Waals surface area contributed by atoms with Crippen LogP contribution in [0, 0.1) is 11.8 Å². The number of ketones is 1. The summed E-state index contributed by atoms with van der Waals surface area (Å²) in [5.41, 5.74) is -0.970. The smallest absolute Gasteiger partial charge is 0.410 e. The summed E-state index contributed by atoms with van der Waals surface area (Å²) < 4.78 is 16.9. The van der Waals surface area contributed by atoms with Gasteiger partial charge < -0.3 is 19.5 Å². The van der Waals surface area contributed by atoms with Crippen molar-refractivity contribution in [1.29, 1.82) is 0 Å². The number of hydrogen-bond donors (Lipinski definition) is 1. The SMILES string of the molecule is CO[C@H]1CCC(=O)[C@@H](C)C(=O)O[C@H](C)[C@@]2(C)OC(=O)N3CC[C@@H](NC[C@H](C)C1)[C@@H]32. The van der Waals surface area contributed by atoms with Crippen LogP contribution in [0.2, 0.25) is 0 Å². The minimum absolute atomic E-state index is 0.0373. The molecular weight excluding hydrogens is 376 g/mol. The maximum Gasteiger partial charge on any atom is 0.410 e. The van der Waals surface area contributed by atoms with Gasteiger partial charge in [0.15, 0.2) is 5.60 Å². The summed E-state index contributed by atoms with van der Waals surface area (Å²) in [4.78, 5) is 39.3. The van der Waals surface area contributed by atoms with Crippen molar-refractivity contribution in [3.8, 4) is 0 Å². The molecule has 3 saturated heterocycles. The fraction of sp³-hybridized carbons (Fsp3) is 0.857. The first-order valence-corrected chi connectivity index (χ1v) is 10.7. The lowest BCUT2D eigenvalue weighted by Gasteiger charge is -2.37. The highest BCUT2D eigenvalue weighted by Gasteiger charge is 2.60. The normalized spacial score (nSPS) is 42.0. The molecule has 0 bridgehead atoms. The predicted molar refractivity (Wildman–Crippen MR) is 105 cm³/mol. The van der Waals surface area contributed by atoms with Crippen LogP contribution >= 0.6 is 0 Å². The van der Waals surface area contributed by atoms with E-state index in [9.17, 15) is 14.4 Å². The van der Waals surface area contributed by atoms with E-state index in [0.717, 1.165) is 19.4 Å². The van der Waals surface area contributed by atoms with Crippen molar-refractivity contribution in [3.63, 3.8) is 0 Å². The van der Waals surface area contributed by atoms with Crippen molar-refractivity contribution in [2.24, 2.45) is 11.8 Å². The first-order chi connectivity index (χ1) is 13.7. The largest absolute Gasteiger partial charge is 0.458 e. The standard InChI is InChI=1S/C21H34N2O6/c1-12-10-15(27-5)6-7-17(24)13(2)19(25)28-14(3)21(4)18-16(22-11-12)8-9-23(18)20(26)29-21/h12-16,18,22H,6-11H2,1-5H3/t12-,13-,14-,15+,16-,18-,21-/m1/s1. The Balaban J connectivity index is 1.86. The monoisotopic (exact) mass is 410 g/mol. The fourth-order valence-corrected chi connectivity index (χ4v) is 4.81. The highest BCUT2D eigenvalue weighted by molar-refractivity contribution is 5.98. The zero-order valence-corrected chi connectivity index (χ0v) is 18.1. The molecule has 0 aromatic carbocycles. The quantitative estimate of drug-likeness (QED) is 0.521. The number of amides is 1. The molecule has 0 aromatic heterocycles. The van der Waals surface area contributed by atoms with Gasteiger partial charge in [-0.25, -0.2) is 4.79 Å². The number of ether oxygens (including phenoxy) is 3. The molecule has 164 valence electrons. The third kappa shape index (κ3) is 4.28. The van der Waals surface area contributed by atoms with Gasteiger partial charge in [-0.1, -0.05) is 6.92 Å². The minimum Gasteiger partial charge on any atom is -0.458 e. The third-order valence-corrected chi connectivity index (χ3v) is 6.90. The molecule has 0 radical (unpaired) electrons. The summed E-state index contributed by atoms with van der Waals surface area (Å²) >= 11 is 0. The average molecular weight is 411 g/mol. The van der Waals surface area contributed by atoms with E-state index in [2.05, 4.69) is 12.2 Å². The van der Waals surface area contributed by atoms with Crippen LogP contribution in [-0.2, 0) is 23.8 Å². The van der Waals surface area contributed by atoms with Gasteiger partial charge in [-0.3, -0.25) is 14.5 Å². The molecule has 0 saturated carbocycles. The second-order valence-electron chi connectivity index (χ2n) is 9.00. The summed E-state index contributed by atoms with van der Waals surface area (Å²) in [5, 5.41) is 3.60. The molecular formula is C21H34N2O6. The number of carbonyl (C=O) groups is 3. The van der Waals surface area contributed by atoms with Crippen LogP contribution in [0.3, 0.4) is 0 Å². The molecule has 3 aliphatic heterocycles. The summed E-state index contributed by atoms with van der Waals surface area (Å²) in [6.45, 7) is 8.68. The Labute approximate surface area is 172 Å². The van der Waals surface area contributed by atoms with Gasteiger partial charge >= 0.3 is 12.1 Å². The van der Waals surface area contributed by atoms with E-state index >= 15 is 0 Å². The maximum absolute atomic E-state index is 12.6. The molecule has 3 rings (SSSR count). The first kappa shape index (κ1) is 22.0. The number of hydrogen-bond acceptors (Lipinski definition) is 7. The molecule has 1 N–H and O–H groups in total. The van der Waals surface area contributed by atoms with E-state index in [0.29, 0.717) is 18.9 Å². The Kier molecular flexibility index (Phi) is 6.53. The van der Waals surface area contributed by atoms with Crippen LogP contribution < -0.4 is 5.32 Å². The zero-order valence-electron chi connectivity index (χ0n) is 18.1. The number of carbonyl (C=O) groups excluding carboxylic acids is 3. The highest BCUT2D eigenvalue weighted by Crippen LogP contribution is 2.40. The van der Waals surface area contributed by atoms with E-state index in [-0.39, 0.29) is 36.5 Å². The summed E-state index contributed by atoms with van der Waals surface area (Å²) in [6, 6.07) is -0.167. The van der Waals surface area contributed by atoms with Gasteiger partial charge in [-0.2, -0.15) is 0 Å². The van der Waals surface area contributed by atoms with Gasteiger partial charge in [0, 0.05) is 26.1 Å². The van der Waals surface area contributed by atoms with Gasteiger partial charge in [0.2, 0.25) is 0 Å². The van der Waals surface area contributed by atoms with Crippen molar-refractivity contribution in [1.82, 2.24) is 10.2 Å². The van der Waals surface area contributed by atoms with E-state index in [4.69, 9.17) is 14.2 Å². The second kappa shape index (κ2) is 8.60. The maximum atomic E-state index is 12.6. The molecule has 29 heavy (non-hydrogen) atoms. The van der Waals surface area contributed by atoms with Gasteiger partial charge in [0.1, 0.15) is 17.8 Å². The van der Waals surface area contributed by atoms with Gasteiger partial charge in [-0.15, -0.1) is 0 Å². The molecule has 7 atom stereocenters. The average Bonchev–Trinajstić information content (AvgIpc) is 3.22. The van der Waals surface area contributed by atoms with Crippen LogP contribution in [0.25, 0.3) is 0 Å². The molecule has 3 heterocycles. The number of rotatable bonds is 1. The number of nitrogens with zero attached hydrogens (tertiary/aromatic N) is 1. The van der Waals surface area contributed by atoms with Gasteiger partial charge in [0.05, 0.1) is 12.1 Å². The number of cyclic esters (lactones) is 1. The number of nitrogens with one attached hydrogen (secondary N) is 1. The Morgan fingerprint density at radius 2 is 1.90 bits per heavy atom. The lowest BCUT2D eigenvalue weighted by Crippen LogP contribution is -2.57. The molecule has 0 unspecified atom stereocenters. The minimum atomic E-state index is -0.970. The fourth-order valence-electron chi connectivity index (χ4n) is 4.81. The summed E-state index contributed by atoms with van der Waals surface area (Å²) in [5.74, 6) is -1.24. The summed E-state index contributed by atoms with van der Waals surface area (Å²) in [6.07, 6.45) is 1.43. The van der Waals surface area contributed by atoms with Crippen LogP contribution in [0.15, 0.2) is 0 Å².